The largest absolute Gasteiger partial charge is 0.336 e. The van der Waals surface area contributed by atoms with Gasteiger partial charge in [-0.05, 0) is 25.5 Å². The Morgan fingerprint density at radius 3 is 2.95 bits per heavy atom. The molecule has 108 valence electrons. The van der Waals surface area contributed by atoms with Crippen molar-refractivity contribution in [3.8, 4) is 0 Å². The van der Waals surface area contributed by atoms with Gasteiger partial charge < -0.3 is 4.90 Å². The number of carbonyl (C=O) groups is 1. The number of nitrogens with zero attached hydrogens (tertiary/aromatic N) is 4. The highest BCUT2D eigenvalue weighted by Crippen LogP contribution is 2.25. The fraction of sp³-hybridized carbons (Fsp3) is 0.357. The molecule has 3 rings (SSSR count). The van der Waals surface area contributed by atoms with Crippen molar-refractivity contribution in [3.63, 3.8) is 0 Å². The Balaban J connectivity index is 1.73. The first-order chi connectivity index (χ1) is 10.1. The Bertz CT molecular complexity index is 707. The van der Waals surface area contributed by atoms with Crippen molar-refractivity contribution < 1.29 is 4.79 Å². The van der Waals surface area contributed by atoms with Gasteiger partial charge in [0, 0.05) is 37.0 Å². The van der Waals surface area contributed by atoms with E-state index in [2.05, 4.69) is 20.2 Å². The van der Waals surface area contributed by atoms with Gasteiger partial charge in [0.15, 0.2) is 0 Å². The highest BCUT2D eigenvalue weighted by Gasteiger charge is 2.30. The second kappa shape index (κ2) is 5.43. The zero-order chi connectivity index (χ0) is 14.8. The molecule has 3 heterocycles. The van der Waals surface area contributed by atoms with E-state index in [9.17, 15) is 9.59 Å². The molecule has 2 aromatic heterocycles. The number of amides is 1. The molecule has 1 aliphatic rings. The number of aromatic amines is 1. The summed E-state index contributed by atoms with van der Waals surface area (Å²) in [6, 6.07) is 4.60. The first-order valence-electron chi connectivity index (χ1n) is 6.78. The van der Waals surface area contributed by atoms with Crippen molar-refractivity contribution in [1.82, 2.24) is 25.1 Å². The second-order valence-electron chi connectivity index (χ2n) is 5.10. The zero-order valence-electron chi connectivity index (χ0n) is 11.6. The van der Waals surface area contributed by atoms with E-state index >= 15 is 0 Å². The fourth-order valence-corrected chi connectivity index (χ4v) is 2.45. The summed E-state index contributed by atoms with van der Waals surface area (Å²) in [5.74, 6) is 0.748. The third kappa shape index (κ3) is 2.81. The summed E-state index contributed by atoms with van der Waals surface area (Å²) in [4.78, 5) is 33.7. The summed E-state index contributed by atoms with van der Waals surface area (Å²) >= 11 is 0. The number of nitrogens with one attached hydrogen (secondary N) is 1. The van der Waals surface area contributed by atoms with Gasteiger partial charge in [-0.15, -0.1) is 0 Å². The minimum Gasteiger partial charge on any atom is -0.336 e. The van der Waals surface area contributed by atoms with E-state index in [-0.39, 0.29) is 23.1 Å². The first kappa shape index (κ1) is 13.4. The number of aromatic nitrogens is 4. The molecule has 21 heavy (non-hydrogen) atoms. The minimum absolute atomic E-state index is 0.150. The quantitative estimate of drug-likeness (QED) is 0.867. The first-order valence-corrected chi connectivity index (χ1v) is 6.78. The van der Waals surface area contributed by atoms with Crippen LogP contribution in [-0.4, -0.2) is 44.1 Å². The molecule has 1 unspecified atom stereocenters. The van der Waals surface area contributed by atoms with Gasteiger partial charge in [-0.25, -0.2) is 15.1 Å². The number of rotatable bonds is 2. The van der Waals surface area contributed by atoms with Gasteiger partial charge in [-0.1, -0.05) is 0 Å². The molecule has 0 aliphatic carbocycles. The molecular weight excluding hydrogens is 270 g/mol. The van der Waals surface area contributed by atoms with E-state index in [0.29, 0.717) is 13.1 Å². The lowest BCUT2D eigenvalue weighted by Crippen LogP contribution is -2.30. The zero-order valence-corrected chi connectivity index (χ0v) is 11.6. The van der Waals surface area contributed by atoms with Crippen LogP contribution < -0.4 is 5.56 Å². The molecule has 1 saturated heterocycles. The fourth-order valence-electron chi connectivity index (χ4n) is 2.45. The number of hydrogen-bond donors (Lipinski definition) is 1. The Labute approximate surface area is 121 Å². The molecule has 0 saturated carbocycles. The molecule has 1 fully saturated rings. The molecular formula is C14H15N5O2. The molecule has 7 nitrogen and oxygen atoms in total. The molecule has 1 atom stereocenters. The summed E-state index contributed by atoms with van der Waals surface area (Å²) < 4.78 is 0. The van der Waals surface area contributed by atoms with Crippen LogP contribution in [0.1, 0.15) is 34.3 Å². The van der Waals surface area contributed by atoms with Crippen LogP contribution in [0, 0.1) is 6.92 Å². The number of aryl methyl sites for hydroxylation is 1. The van der Waals surface area contributed by atoms with Crippen molar-refractivity contribution >= 4 is 5.91 Å². The SMILES string of the molecule is Cc1ccnc(C2CCN(C(=O)c3ccc(=O)[nH]n3)C2)n1. The van der Waals surface area contributed by atoms with Gasteiger partial charge in [-0.3, -0.25) is 9.59 Å². The molecule has 0 bridgehead atoms. The standard InChI is InChI=1S/C14H15N5O2/c1-9-4-6-15-13(16-9)10-5-7-19(8-10)14(21)11-2-3-12(20)18-17-11/h2-4,6,10H,5,7-8H2,1H3,(H,18,20). The van der Waals surface area contributed by atoms with Gasteiger partial charge in [0.05, 0.1) is 0 Å². The lowest BCUT2D eigenvalue weighted by Gasteiger charge is -2.15. The van der Waals surface area contributed by atoms with E-state index in [1.807, 2.05) is 13.0 Å². The molecule has 1 aliphatic heterocycles. The summed E-state index contributed by atoms with van der Waals surface area (Å²) in [7, 11) is 0. The highest BCUT2D eigenvalue weighted by molar-refractivity contribution is 5.92. The maximum Gasteiger partial charge on any atom is 0.274 e. The normalized spacial score (nSPS) is 18.0. The van der Waals surface area contributed by atoms with Crippen LogP contribution in [0.15, 0.2) is 29.2 Å². The van der Waals surface area contributed by atoms with E-state index in [0.717, 1.165) is 17.9 Å². The van der Waals surface area contributed by atoms with E-state index in [1.54, 1.807) is 11.1 Å². The number of H-pyrrole nitrogens is 1. The molecule has 1 amide bonds. The minimum atomic E-state index is -0.320. The summed E-state index contributed by atoms with van der Waals surface area (Å²) in [5, 5.41) is 6.05. The Morgan fingerprint density at radius 1 is 1.38 bits per heavy atom. The lowest BCUT2D eigenvalue weighted by molar-refractivity contribution is 0.0783. The van der Waals surface area contributed by atoms with Gasteiger partial charge in [-0.2, -0.15) is 5.10 Å². The highest BCUT2D eigenvalue weighted by atomic mass is 16.2. The van der Waals surface area contributed by atoms with Crippen LogP contribution in [0.4, 0.5) is 0 Å². The van der Waals surface area contributed by atoms with Crippen LogP contribution in [-0.2, 0) is 0 Å². The summed E-state index contributed by atoms with van der Waals surface area (Å²) in [6.45, 7) is 3.14. The van der Waals surface area contributed by atoms with Crippen LogP contribution in [0.5, 0.6) is 0 Å². The number of likely N-dealkylation sites (tertiary alicyclic amines) is 1. The average Bonchev–Trinajstić information content (AvgIpc) is 2.97. The predicted molar refractivity (Wildman–Crippen MR) is 74.9 cm³/mol. The predicted octanol–water partition coefficient (Wildman–Crippen LogP) is 0.498. The van der Waals surface area contributed by atoms with E-state index in [4.69, 9.17) is 0 Å². The molecule has 0 radical (unpaired) electrons. The maximum absolute atomic E-state index is 12.3. The lowest BCUT2D eigenvalue weighted by atomic mass is 10.1. The third-order valence-corrected chi connectivity index (χ3v) is 3.55. The number of carbonyl (C=O) groups excluding carboxylic acids is 1. The Morgan fingerprint density at radius 2 is 2.24 bits per heavy atom. The molecule has 1 N–H and O–H groups in total. The van der Waals surface area contributed by atoms with Gasteiger partial charge in [0.1, 0.15) is 11.5 Å². The molecule has 7 heteroatoms. The third-order valence-electron chi connectivity index (χ3n) is 3.55. The van der Waals surface area contributed by atoms with E-state index in [1.165, 1.54) is 12.1 Å². The molecule has 0 spiro atoms. The molecule has 0 aromatic carbocycles. The summed E-state index contributed by atoms with van der Waals surface area (Å²) in [6.07, 6.45) is 2.57. The maximum atomic E-state index is 12.3. The van der Waals surface area contributed by atoms with Crippen LogP contribution in [0.2, 0.25) is 0 Å². The van der Waals surface area contributed by atoms with E-state index < -0.39 is 0 Å². The van der Waals surface area contributed by atoms with Crippen molar-refractivity contribution in [2.24, 2.45) is 0 Å². The number of hydrogen-bond acceptors (Lipinski definition) is 5. The second-order valence-corrected chi connectivity index (χ2v) is 5.10. The van der Waals surface area contributed by atoms with Crippen molar-refractivity contribution in [1.29, 1.82) is 0 Å². The van der Waals surface area contributed by atoms with Crippen molar-refractivity contribution in [2.75, 3.05) is 13.1 Å². The van der Waals surface area contributed by atoms with Crippen molar-refractivity contribution in [3.05, 3.63) is 52.0 Å². The van der Waals surface area contributed by atoms with Gasteiger partial charge in [0.2, 0.25) is 0 Å². The van der Waals surface area contributed by atoms with Gasteiger partial charge >= 0.3 is 0 Å². The summed E-state index contributed by atoms with van der Waals surface area (Å²) in [5.41, 5.74) is 0.853. The van der Waals surface area contributed by atoms with Crippen LogP contribution in [0.25, 0.3) is 0 Å². The topological polar surface area (TPSA) is 91.8 Å². The molecule has 2 aromatic rings. The smallest absolute Gasteiger partial charge is 0.274 e. The average molecular weight is 285 g/mol. The Hall–Kier alpha value is -2.57. The Kier molecular flexibility index (Phi) is 3.47. The van der Waals surface area contributed by atoms with Crippen molar-refractivity contribution in [2.45, 2.75) is 19.3 Å². The van der Waals surface area contributed by atoms with Gasteiger partial charge in [0.25, 0.3) is 11.5 Å². The van der Waals surface area contributed by atoms with Crippen LogP contribution >= 0.6 is 0 Å². The van der Waals surface area contributed by atoms with Crippen LogP contribution in [0.3, 0.4) is 0 Å². The monoisotopic (exact) mass is 285 g/mol.